The van der Waals surface area contributed by atoms with E-state index >= 15 is 0 Å². The van der Waals surface area contributed by atoms with Crippen molar-refractivity contribution in [2.45, 2.75) is 24.7 Å². The van der Waals surface area contributed by atoms with Crippen LogP contribution in [-0.2, 0) is 29.3 Å². The van der Waals surface area contributed by atoms with Gasteiger partial charge in [-0.2, -0.15) is 0 Å². The van der Waals surface area contributed by atoms with Crippen molar-refractivity contribution in [1.82, 2.24) is 14.9 Å². The number of hydrogen-bond donors (Lipinski definition) is 2. The minimum atomic E-state index is -3.57. The van der Waals surface area contributed by atoms with Gasteiger partial charge in [-0.1, -0.05) is 0 Å². The summed E-state index contributed by atoms with van der Waals surface area (Å²) in [6, 6.07) is 3.36. The van der Waals surface area contributed by atoms with Gasteiger partial charge in [0, 0.05) is 32.3 Å². The lowest BCUT2D eigenvalue weighted by molar-refractivity contribution is 0.239. The summed E-state index contributed by atoms with van der Waals surface area (Å²) in [5, 5.41) is 9.79. The topological polar surface area (TPSA) is 122 Å². The molecule has 0 fully saturated rings. The van der Waals surface area contributed by atoms with Crippen LogP contribution in [0, 0.1) is 0 Å². The van der Waals surface area contributed by atoms with Gasteiger partial charge in [-0.25, -0.2) is 13.4 Å². The third-order valence-electron chi connectivity index (χ3n) is 4.40. The molecule has 1 aromatic heterocycles. The average Bonchev–Trinajstić information content (AvgIpc) is 2.60. The Morgan fingerprint density at radius 2 is 2.04 bits per heavy atom. The Balaban J connectivity index is 1.85. The molecule has 0 amide bonds. The number of nitrogens with zero attached hydrogens (tertiary/aromatic N) is 2. The minimum absolute atomic E-state index is 0.0263. The third kappa shape index (κ3) is 3.91. The Morgan fingerprint density at radius 1 is 1.30 bits per heavy atom. The van der Waals surface area contributed by atoms with E-state index in [1.54, 1.807) is 12.1 Å². The molecule has 3 rings (SSSR count). The van der Waals surface area contributed by atoms with Crippen LogP contribution in [0.3, 0.4) is 0 Å². The maximum atomic E-state index is 12.3. The first kappa shape index (κ1) is 19.2. The number of aromatic nitrogens is 2. The molecule has 27 heavy (non-hydrogen) atoms. The number of nitrogens with one attached hydrogen (secondary N) is 1. The third-order valence-corrected chi connectivity index (χ3v) is 5.30. The molecule has 0 radical (unpaired) electrons. The lowest BCUT2D eigenvalue weighted by atomic mass is 10.1. The van der Waals surface area contributed by atoms with E-state index in [0.29, 0.717) is 43.1 Å². The highest BCUT2D eigenvalue weighted by atomic mass is 32.2. The van der Waals surface area contributed by atoms with E-state index in [9.17, 15) is 18.3 Å². The van der Waals surface area contributed by atoms with Gasteiger partial charge in [-0.05, 0) is 17.7 Å². The molecular weight excluding hydrogens is 374 g/mol. The minimum Gasteiger partial charge on any atom is -0.504 e. The van der Waals surface area contributed by atoms with Gasteiger partial charge in [0.15, 0.2) is 11.5 Å². The molecular formula is C17H21N3O6S. The van der Waals surface area contributed by atoms with Crippen molar-refractivity contribution in [2.75, 3.05) is 27.0 Å². The van der Waals surface area contributed by atoms with Crippen LogP contribution in [0.15, 0.2) is 22.1 Å². The van der Waals surface area contributed by atoms with E-state index in [2.05, 4.69) is 9.97 Å². The van der Waals surface area contributed by atoms with Crippen LogP contribution in [0.4, 0.5) is 0 Å². The maximum Gasteiger partial charge on any atom is 0.256 e. The highest BCUT2D eigenvalue weighted by Crippen LogP contribution is 2.37. The van der Waals surface area contributed by atoms with E-state index in [0.717, 1.165) is 11.8 Å². The molecule has 2 heterocycles. The van der Waals surface area contributed by atoms with Gasteiger partial charge in [0.05, 0.1) is 25.5 Å². The van der Waals surface area contributed by atoms with Gasteiger partial charge in [0.1, 0.15) is 0 Å². The van der Waals surface area contributed by atoms with Crippen LogP contribution >= 0.6 is 0 Å². The standard InChI is InChI=1S/C17H21N3O6S/c1-25-14-7-10(6-13(21)15(14)26-2)8-20-5-4-12-11(9-20)16(22)19-17(18-12)27(3,23)24/h6-7,21H,4-5,8-9H2,1-3H3,(H,18,19,22). The van der Waals surface area contributed by atoms with Crippen LogP contribution in [0.1, 0.15) is 16.8 Å². The number of hydrogen-bond acceptors (Lipinski definition) is 8. The van der Waals surface area contributed by atoms with Crippen molar-refractivity contribution >= 4 is 9.84 Å². The fourth-order valence-electron chi connectivity index (χ4n) is 3.12. The van der Waals surface area contributed by atoms with Gasteiger partial charge in [0.2, 0.25) is 20.7 Å². The SMILES string of the molecule is COc1cc(CN2CCc3nc(S(C)(=O)=O)[nH]c(=O)c3C2)cc(O)c1OC. The van der Waals surface area contributed by atoms with Crippen molar-refractivity contribution in [3.05, 3.63) is 39.3 Å². The Labute approximate surface area is 156 Å². The number of methoxy groups -OCH3 is 2. The molecule has 0 atom stereocenters. The van der Waals surface area contributed by atoms with Crippen LogP contribution in [-0.4, -0.2) is 55.4 Å². The van der Waals surface area contributed by atoms with Crippen LogP contribution < -0.4 is 15.0 Å². The molecule has 0 bridgehead atoms. The van der Waals surface area contributed by atoms with Gasteiger partial charge in [0.25, 0.3) is 5.56 Å². The molecule has 0 spiro atoms. The Kier molecular flexibility index (Phi) is 5.11. The monoisotopic (exact) mass is 395 g/mol. The lowest BCUT2D eigenvalue weighted by Crippen LogP contribution is -2.36. The molecule has 0 aliphatic carbocycles. The van der Waals surface area contributed by atoms with Gasteiger partial charge >= 0.3 is 0 Å². The van der Waals surface area contributed by atoms with Gasteiger partial charge in [-0.15, -0.1) is 0 Å². The number of phenols is 1. The second-order valence-electron chi connectivity index (χ2n) is 6.38. The molecule has 0 saturated carbocycles. The van der Waals surface area contributed by atoms with E-state index in [1.165, 1.54) is 14.2 Å². The predicted molar refractivity (Wildman–Crippen MR) is 97.0 cm³/mol. The van der Waals surface area contributed by atoms with Crippen molar-refractivity contribution in [3.63, 3.8) is 0 Å². The fourth-order valence-corrected chi connectivity index (χ4v) is 3.67. The lowest BCUT2D eigenvalue weighted by Gasteiger charge is -2.28. The summed E-state index contributed by atoms with van der Waals surface area (Å²) in [7, 11) is -0.638. The number of rotatable bonds is 5. The van der Waals surface area contributed by atoms with E-state index in [4.69, 9.17) is 9.47 Å². The van der Waals surface area contributed by atoms with Gasteiger partial charge in [-0.3, -0.25) is 14.7 Å². The average molecular weight is 395 g/mol. The molecule has 1 aromatic carbocycles. The summed E-state index contributed by atoms with van der Waals surface area (Å²) in [6.45, 7) is 1.40. The fraction of sp³-hybridized carbons (Fsp3) is 0.412. The molecule has 2 N–H and O–H groups in total. The second kappa shape index (κ2) is 7.20. The van der Waals surface area contributed by atoms with E-state index in [-0.39, 0.29) is 16.7 Å². The van der Waals surface area contributed by atoms with Crippen LogP contribution in [0.5, 0.6) is 17.2 Å². The summed E-state index contributed by atoms with van der Waals surface area (Å²) < 4.78 is 33.6. The summed E-state index contributed by atoms with van der Waals surface area (Å²) >= 11 is 0. The van der Waals surface area contributed by atoms with Crippen molar-refractivity contribution in [2.24, 2.45) is 0 Å². The van der Waals surface area contributed by atoms with E-state index in [1.807, 2.05) is 4.90 Å². The largest absolute Gasteiger partial charge is 0.504 e. The zero-order chi connectivity index (χ0) is 19.8. The molecule has 146 valence electrons. The Hall–Kier alpha value is -2.59. The summed E-state index contributed by atoms with van der Waals surface area (Å²) in [6.07, 6.45) is 1.47. The number of benzene rings is 1. The normalized spacial score (nSPS) is 14.6. The summed E-state index contributed by atoms with van der Waals surface area (Å²) in [4.78, 5) is 20.8. The maximum absolute atomic E-state index is 12.3. The van der Waals surface area contributed by atoms with E-state index < -0.39 is 15.4 Å². The number of fused-ring (bicyclic) bond motifs is 1. The number of aromatic amines is 1. The Bertz CT molecular complexity index is 1030. The summed E-state index contributed by atoms with van der Waals surface area (Å²) in [5.41, 5.74) is 1.31. The molecule has 0 saturated heterocycles. The Morgan fingerprint density at radius 3 is 2.67 bits per heavy atom. The number of aromatic hydroxyl groups is 1. The van der Waals surface area contributed by atoms with Crippen molar-refractivity contribution < 1.29 is 23.0 Å². The summed E-state index contributed by atoms with van der Waals surface area (Å²) in [5.74, 6) is 0.656. The quantitative estimate of drug-likeness (QED) is 0.700. The first-order chi connectivity index (χ1) is 12.7. The zero-order valence-electron chi connectivity index (χ0n) is 15.3. The number of H-pyrrole nitrogens is 1. The molecule has 1 aliphatic rings. The highest BCUT2D eigenvalue weighted by molar-refractivity contribution is 7.90. The molecule has 9 nitrogen and oxygen atoms in total. The second-order valence-corrected chi connectivity index (χ2v) is 8.31. The number of ether oxygens (including phenoxy) is 2. The molecule has 0 unspecified atom stereocenters. The molecule has 10 heteroatoms. The first-order valence-electron chi connectivity index (χ1n) is 8.21. The van der Waals surface area contributed by atoms with Crippen LogP contribution in [0.25, 0.3) is 0 Å². The number of phenolic OH excluding ortho intramolecular Hbond substituents is 1. The molecule has 2 aromatic rings. The highest BCUT2D eigenvalue weighted by Gasteiger charge is 2.24. The first-order valence-corrected chi connectivity index (χ1v) is 10.1. The predicted octanol–water partition coefficient (Wildman–Crippen LogP) is 0.455. The number of sulfone groups is 1. The zero-order valence-corrected chi connectivity index (χ0v) is 16.1. The van der Waals surface area contributed by atoms with Crippen molar-refractivity contribution in [3.8, 4) is 17.2 Å². The van der Waals surface area contributed by atoms with Crippen molar-refractivity contribution in [1.29, 1.82) is 0 Å². The van der Waals surface area contributed by atoms with Gasteiger partial charge < -0.3 is 14.6 Å². The van der Waals surface area contributed by atoms with Crippen LogP contribution in [0.2, 0.25) is 0 Å². The smallest absolute Gasteiger partial charge is 0.256 e. The molecule has 1 aliphatic heterocycles.